The summed E-state index contributed by atoms with van der Waals surface area (Å²) in [6, 6.07) is 10.3. The summed E-state index contributed by atoms with van der Waals surface area (Å²) in [6.07, 6.45) is 10.7. The van der Waals surface area contributed by atoms with Crippen LogP contribution in [0.1, 0.15) is 95.6 Å². The molecule has 10 rings (SSSR count). The first-order valence-electron chi connectivity index (χ1n) is 30.8. The average Bonchev–Trinajstić information content (AvgIpc) is 1.69. The van der Waals surface area contributed by atoms with Gasteiger partial charge in [0.15, 0.2) is 23.3 Å². The number of carbonyl (C=O) groups is 2. The average molecular weight is 1290 g/mol. The second-order valence-corrected chi connectivity index (χ2v) is 39.2. The molecule has 0 unspecified atom stereocenters. The highest BCUT2D eigenvalue weighted by molar-refractivity contribution is 6.76. The number of nitrogens with one attached hydrogen (secondary N) is 2. The lowest BCUT2D eigenvalue weighted by atomic mass is 10.1. The van der Waals surface area contributed by atoms with Gasteiger partial charge in [-0.2, -0.15) is 9.36 Å². The molecule has 0 bridgehead atoms. The Balaban J connectivity index is 0.000000191. The summed E-state index contributed by atoms with van der Waals surface area (Å²) in [5.74, 6) is 3.71. The topological polar surface area (TPSA) is 276 Å². The number of aromatic nitrogens is 16. The minimum Gasteiger partial charge on any atom is -0.444 e. The molecule has 486 valence electrons. The van der Waals surface area contributed by atoms with Crippen molar-refractivity contribution >= 4 is 73.9 Å². The van der Waals surface area contributed by atoms with Gasteiger partial charge in [0.25, 0.3) is 0 Å². The Bertz CT molecular complexity index is 3730. The fourth-order valence-corrected chi connectivity index (χ4v) is 11.5. The van der Waals surface area contributed by atoms with Gasteiger partial charge in [0, 0.05) is 114 Å². The Morgan fingerprint density at radius 1 is 0.600 bits per heavy atom. The maximum Gasteiger partial charge on any atom is 0.410 e. The number of likely N-dealkylation sites (tertiary alicyclic amines) is 2. The lowest BCUT2D eigenvalue weighted by Gasteiger charge is -2.34. The van der Waals surface area contributed by atoms with E-state index < -0.39 is 27.3 Å². The third-order valence-corrected chi connectivity index (χ3v) is 18.5. The summed E-state index contributed by atoms with van der Waals surface area (Å²) in [7, 11) is -2.30. The van der Waals surface area contributed by atoms with Crippen LogP contribution in [0.2, 0.25) is 56.5 Å². The zero-order valence-electron chi connectivity index (χ0n) is 55.6. The SMILES string of the molecule is Cc1cn(COCC[Si](C)(C)C)c2nc(-n3nnnc3C)ccc12.Cc1cnc(N[C@H]2CCCN(C(=O)OC(C)(C)C)C2)nc1-c1cn(COCC[Si](C)(C)C)c2nc(-n3nnnc3C)ccc12.Cc1cnc(N[C@H]2CCCN(C(=O)OC(C)(C)C)C2)nc1Cl. The van der Waals surface area contributed by atoms with Crippen LogP contribution in [0, 0.1) is 34.6 Å². The van der Waals surface area contributed by atoms with Gasteiger partial charge in [0.2, 0.25) is 11.9 Å². The third kappa shape index (κ3) is 19.2. The number of ether oxygens (including phenoxy) is 4. The van der Waals surface area contributed by atoms with E-state index in [0.717, 1.165) is 88.8 Å². The molecule has 29 heteroatoms. The molecule has 0 radical (unpaired) electrons. The highest BCUT2D eigenvalue weighted by Gasteiger charge is 2.30. The summed E-state index contributed by atoms with van der Waals surface area (Å²) < 4.78 is 30.4. The molecule has 10 heterocycles. The van der Waals surface area contributed by atoms with Crippen molar-refractivity contribution in [3.63, 3.8) is 0 Å². The molecule has 0 saturated carbocycles. The van der Waals surface area contributed by atoms with E-state index >= 15 is 0 Å². The van der Waals surface area contributed by atoms with E-state index in [0.29, 0.717) is 86.6 Å². The summed E-state index contributed by atoms with van der Waals surface area (Å²) in [4.78, 5) is 56.0. The number of pyridine rings is 2. The Labute approximate surface area is 534 Å². The van der Waals surface area contributed by atoms with Crippen molar-refractivity contribution < 1.29 is 28.5 Å². The van der Waals surface area contributed by atoms with Crippen molar-refractivity contribution in [2.45, 2.75) is 190 Å². The molecule has 2 atom stereocenters. The van der Waals surface area contributed by atoms with E-state index in [-0.39, 0.29) is 24.3 Å². The Hall–Kier alpha value is -7.54. The van der Waals surface area contributed by atoms with Crippen LogP contribution < -0.4 is 10.6 Å². The summed E-state index contributed by atoms with van der Waals surface area (Å²) in [6.45, 7) is 39.8. The number of aryl methyl sites for hydroxylation is 5. The summed E-state index contributed by atoms with van der Waals surface area (Å²) in [5.41, 5.74) is 5.34. The molecule has 2 amide bonds. The molecule has 8 aromatic rings. The number of tetrazole rings is 2. The number of nitrogens with zero attached hydrogens (tertiary/aromatic N) is 18. The first kappa shape index (κ1) is 68.4. The lowest BCUT2D eigenvalue weighted by molar-refractivity contribution is 0.0196. The maximum absolute atomic E-state index is 12.7. The fraction of sp³-hybridized carbons (Fsp3) is 0.574. The molecule has 8 aromatic heterocycles. The van der Waals surface area contributed by atoms with E-state index in [1.165, 1.54) is 5.56 Å². The Kier molecular flexibility index (Phi) is 22.2. The molecule has 2 saturated heterocycles. The predicted molar refractivity (Wildman–Crippen MR) is 354 cm³/mol. The molecule has 0 spiro atoms. The standard InChI is InChI=1S/C30H44N10O3Si.C16H24N6OSi.C15H23ClN4O2/c1-20-16-31-28(32-22-10-9-13-38(17-22)29(41)43-30(3,4)5)34-26(20)24-18-39(19-42-14-15-44(6,7)8)27-23(24)11-12-25(33-27)40-21(2)35-36-37-40;1-12-10-21(11-23-8-9-24(3,4)5)16-14(12)6-7-15(17-16)22-13(2)18-19-20-22;1-10-8-17-13(19-12(10)16)18-11-6-5-7-20(9-11)14(21)22-15(2,3)4/h11-12,16,18,22H,9-10,13-15,17,19H2,1-8H3,(H,31,32,34);6-7,10H,8-9,11H2,1-5H3;8,11H,5-7,9H2,1-4H3,(H,17,18,19)/t22-;;11-/m0.0/s1. The van der Waals surface area contributed by atoms with Crippen LogP contribution >= 0.6 is 11.6 Å². The molecule has 0 aliphatic carbocycles. The number of hydrogen-bond acceptors (Lipinski definition) is 20. The highest BCUT2D eigenvalue weighted by atomic mass is 35.5. The lowest BCUT2D eigenvalue weighted by Crippen LogP contribution is -2.47. The predicted octanol–water partition coefficient (Wildman–Crippen LogP) is 11.4. The zero-order chi connectivity index (χ0) is 65.3. The van der Waals surface area contributed by atoms with E-state index in [9.17, 15) is 9.59 Å². The monoisotopic (exact) mass is 1290 g/mol. The Morgan fingerprint density at radius 3 is 1.51 bits per heavy atom. The summed E-state index contributed by atoms with van der Waals surface area (Å²) >= 11 is 6.01. The van der Waals surface area contributed by atoms with Crippen molar-refractivity contribution in [1.82, 2.24) is 89.3 Å². The first-order valence-corrected chi connectivity index (χ1v) is 38.6. The van der Waals surface area contributed by atoms with Crippen molar-refractivity contribution in [2.75, 3.05) is 50.0 Å². The van der Waals surface area contributed by atoms with Crippen molar-refractivity contribution in [3.8, 4) is 22.9 Å². The molecule has 2 fully saturated rings. The molecule has 26 nitrogen and oxygen atoms in total. The molecular formula is C61H91ClN20O6Si2. The number of piperidine rings is 2. The van der Waals surface area contributed by atoms with Gasteiger partial charge in [-0.25, -0.2) is 39.5 Å². The van der Waals surface area contributed by atoms with Crippen molar-refractivity contribution in [1.29, 1.82) is 0 Å². The fourth-order valence-electron chi connectivity index (χ4n) is 9.89. The second-order valence-electron chi connectivity index (χ2n) is 27.6. The van der Waals surface area contributed by atoms with Crippen LogP contribution in [0.3, 0.4) is 0 Å². The largest absolute Gasteiger partial charge is 0.444 e. The molecule has 0 aromatic carbocycles. The second kappa shape index (κ2) is 29.2. The molecular weight excluding hydrogens is 1200 g/mol. The van der Waals surface area contributed by atoms with Crippen LogP contribution in [0.4, 0.5) is 21.5 Å². The van der Waals surface area contributed by atoms with Gasteiger partial charge in [0.05, 0.1) is 5.69 Å². The van der Waals surface area contributed by atoms with Gasteiger partial charge in [-0.05, 0) is 170 Å². The van der Waals surface area contributed by atoms with Crippen LogP contribution in [0.25, 0.3) is 45.0 Å². The van der Waals surface area contributed by atoms with Gasteiger partial charge >= 0.3 is 12.2 Å². The van der Waals surface area contributed by atoms with Gasteiger partial charge in [-0.15, -0.1) is 10.2 Å². The molecule has 2 N–H and O–H groups in total. The number of rotatable bonds is 17. The smallest absolute Gasteiger partial charge is 0.410 e. The van der Waals surface area contributed by atoms with Crippen LogP contribution in [-0.2, 0) is 32.4 Å². The number of amides is 2. The highest BCUT2D eigenvalue weighted by Crippen LogP contribution is 2.33. The van der Waals surface area contributed by atoms with E-state index in [1.807, 2.05) is 104 Å². The summed E-state index contributed by atoms with van der Waals surface area (Å²) in [5, 5.41) is 32.7. The minimum atomic E-state index is -1.23. The number of halogens is 1. The molecule has 2 aliphatic rings. The van der Waals surface area contributed by atoms with E-state index in [2.05, 4.69) is 120 Å². The number of fused-ring (bicyclic) bond motifs is 2. The number of anilines is 2. The first-order chi connectivity index (χ1) is 42.4. The van der Waals surface area contributed by atoms with Gasteiger partial charge in [-0.3, -0.25) is 0 Å². The van der Waals surface area contributed by atoms with E-state index in [4.69, 9.17) is 45.5 Å². The van der Waals surface area contributed by atoms with Gasteiger partial charge in [-0.1, -0.05) is 50.9 Å². The minimum absolute atomic E-state index is 0.0108. The maximum atomic E-state index is 12.7. The normalized spacial score (nSPS) is 15.7. The Morgan fingerprint density at radius 2 is 1.06 bits per heavy atom. The van der Waals surface area contributed by atoms with Gasteiger partial charge in [0.1, 0.15) is 41.1 Å². The molecule has 90 heavy (non-hydrogen) atoms. The quantitative estimate of drug-likeness (QED) is 0.0487. The van der Waals surface area contributed by atoms with Crippen LogP contribution in [0.15, 0.2) is 49.1 Å². The third-order valence-electron chi connectivity index (χ3n) is 14.7. The number of carbonyl (C=O) groups excluding carboxylic acids is 2. The number of hydrogen-bond donors (Lipinski definition) is 2. The zero-order valence-corrected chi connectivity index (χ0v) is 58.3. The van der Waals surface area contributed by atoms with Crippen molar-refractivity contribution in [2.24, 2.45) is 0 Å². The van der Waals surface area contributed by atoms with Crippen molar-refractivity contribution in [3.05, 3.63) is 82.5 Å². The van der Waals surface area contributed by atoms with Crippen LogP contribution in [-0.4, -0.2) is 180 Å². The van der Waals surface area contributed by atoms with Crippen LogP contribution in [0.5, 0.6) is 0 Å². The van der Waals surface area contributed by atoms with E-state index in [1.54, 1.807) is 25.4 Å². The molecule has 2 aliphatic heterocycles. The van der Waals surface area contributed by atoms with Gasteiger partial charge < -0.3 is 48.5 Å².